The van der Waals surface area contributed by atoms with E-state index < -0.39 is 0 Å². The summed E-state index contributed by atoms with van der Waals surface area (Å²) >= 11 is 9.04. The van der Waals surface area contributed by atoms with Gasteiger partial charge in [0.1, 0.15) is 0 Å². The van der Waals surface area contributed by atoms with Crippen molar-refractivity contribution in [3.05, 3.63) is 0 Å². The molecule has 0 saturated carbocycles. The molecule has 0 aromatic heterocycles. The van der Waals surface area contributed by atoms with E-state index in [-0.39, 0.29) is 10.2 Å². The fourth-order valence-corrected chi connectivity index (χ4v) is 0.460. The van der Waals surface area contributed by atoms with E-state index in [1.807, 2.05) is 0 Å². The molecule has 0 aliphatic rings. The van der Waals surface area contributed by atoms with Gasteiger partial charge in [0.05, 0.1) is 11.9 Å². The van der Waals surface area contributed by atoms with Crippen molar-refractivity contribution < 1.29 is 0 Å². The van der Waals surface area contributed by atoms with Crippen LogP contribution in [-0.2, 0) is 0 Å². The van der Waals surface area contributed by atoms with Crippen molar-refractivity contribution in [2.24, 2.45) is 21.7 Å². The van der Waals surface area contributed by atoms with Crippen LogP contribution in [0.25, 0.3) is 0 Å². The molecule has 8 heteroatoms. The van der Waals surface area contributed by atoms with Crippen LogP contribution in [0.3, 0.4) is 0 Å². The lowest BCUT2D eigenvalue weighted by molar-refractivity contribution is 1.02. The zero-order valence-corrected chi connectivity index (χ0v) is 8.58. The summed E-state index contributed by atoms with van der Waals surface area (Å²) in [5, 5.41) is 7.58. The highest BCUT2D eigenvalue weighted by molar-refractivity contribution is 7.80. The summed E-state index contributed by atoms with van der Waals surface area (Å²) in [4.78, 5) is 0. The Balaban J connectivity index is 3.91. The predicted octanol–water partition coefficient (Wildman–Crippen LogP) is -0.985. The second kappa shape index (κ2) is 6.26. The van der Waals surface area contributed by atoms with Crippen molar-refractivity contribution >= 4 is 46.6 Å². The van der Waals surface area contributed by atoms with Gasteiger partial charge in [0, 0.05) is 0 Å². The van der Waals surface area contributed by atoms with Crippen LogP contribution in [0.4, 0.5) is 0 Å². The maximum absolute atomic E-state index is 5.13. The lowest BCUT2D eigenvalue weighted by Gasteiger charge is -1.96. The van der Waals surface area contributed by atoms with E-state index in [1.165, 1.54) is 6.21 Å². The van der Waals surface area contributed by atoms with Gasteiger partial charge >= 0.3 is 0 Å². The molecule has 6 nitrogen and oxygen atoms in total. The van der Waals surface area contributed by atoms with Crippen molar-refractivity contribution in [3.63, 3.8) is 0 Å². The Hall–Kier alpha value is -1.28. The number of hydrogen-bond acceptors (Lipinski definition) is 4. The van der Waals surface area contributed by atoms with E-state index in [0.717, 1.165) is 0 Å². The summed E-state index contributed by atoms with van der Waals surface area (Å²) in [7, 11) is 0. The van der Waals surface area contributed by atoms with Crippen LogP contribution >= 0.6 is 24.4 Å². The fraction of sp³-hybridized carbons (Fsp3) is 0.200. The van der Waals surface area contributed by atoms with Gasteiger partial charge < -0.3 is 11.5 Å². The van der Waals surface area contributed by atoms with Crippen LogP contribution in [0.15, 0.2) is 10.2 Å². The van der Waals surface area contributed by atoms with E-state index in [9.17, 15) is 0 Å². The molecule has 0 spiro atoms. The number of hydrazone groups is 2. The minimum Gasteiger partial charge on any atom is -0.375 e. The molecule has 0 aliphatic carbocycles. The van der Waals surface area contributed by atoms with Crippen LogP contribution in [0, 0.1) is 0 Å². The highest BCUT2D eigenvalue weighted by Crippen LogP contribution is 1.70. The molecule has 13 heavy (non-hydrogen) atoms. The van der Waals surface area contributed by atoms with Crippen molar-refractivity contribution in [3.8, 4) is 0 Å². The number of nitrogens with one attached hydrogen (secondary N) is 2. The van der Waals surface area contributed by atoms with Gasteiger partial charge in [-0.15, -0.1) is 0 Å². The van der Waals surface area contributed by atoms with Crippen LogP contribution in [0.2, 0.25) is 0 Å². The van der Waals surface area contributed by atoms with Crippen LogP contribution < -0.4 is 22.3 Å². The zero-order valence-electron chi connectivity index (χ0n) is 6.94. The zero-order chi connectivity index (χ0) is 10.3. The van der Waals surface area contributed by atoms with E-state index in [0.29, 0.717) is 5.71 Å². The highest BCUT2D eigenvalue weighted by atomic mass is 32.1. The smallest absolute Gasteiger partial charge is 0.184 e. The Morgan fingerprint density at radius 2 is 1.77 bits per heavy atom. The fourth-order valence-electron chi connectivity index (χ4n) is 0.361. The molecular weight excluding hydrogens is 208 g/mol. The number of nitrogens with two attached hydrogens (primary N) is 2. The van der Waals surface area contributed by atoms with Crippen LogP contribution in [0.1, 0.15) is 6.92 Å². The highest BCUT2D eigenvalue weighted by Gasteiger charge is 1.85. The maximum Gasteiger partial charge on any atom is 0.184 e. The molecule has 0 aliphatic heterocycles. The normalized spacial score (nSPS) is 11.3. The third-order valence-corrected chi connectivity index (χ3v) is 0.951. The Bertz CT molecular complexity index is 258. The SMILES string of the molecule is CC(C=NNC(N)=S)=NNC(N)=S. The molecule has 6 N–H and O–H groups in total. The second-order valence-electron chi connectivity index (χ2n) is 1.96. The van der Waals surface area contributed by atoms with Gasteiger partial charge in [0.15, 0.2) is 10.2 Å². The van der Waals surface area contributed by atoms with Gasteiger partial charge in [-0.1, -0.05) is 0 Å². The molecule has 0 saturated heterocycles. The topological polar surface area (TPSA) is 101 Å². The molecule has 0 rings (SSSR count). The number of thiocarbonyl (C=S) groups is 2. The number of nitrogens with zero attached hydrogens (tertiary/aromatic N) is 2. The van der Waals surface area contributed by atoms with E-state index in [4.69, 9.17) is 11.5 Å². The molecule has 0 atom stereocenters. The van der Waals surface area contributed by atoms with Gasteiger partial charge in [-0.05, 0) is 31.4 Å². The van der Waals surface area contributed by atoms with Crippen molar-refractivity contribution in [2.75, 3.05) is 0 Å². The quantitative estimate of drug-likeness (QED) is 0.276. The third kappa shape index (κ3) is 8.63. The molecular formula is C5H10N6S2. The maximum atomic E-state index is 5.13. The summed E-state index contributed by atoms with van der Waals surface area (Å²) < 4.78 is 0. The molecule has 0 amide bonds. The van der Waals surface area contributed by atoms with Crippen molar-refractivity contribution in [1.82, 2.24) is 10.9 Å². The van der Waals surface area contributed by atoms with Crippen molar-refractivity contribution in [1.29, 1.82) is 0 Å². The first-order valence-electron chi connectivity index (χ1n) is 3.20. The van der Waals surface area contributed by atoms with Gasteiger partial charge in [-0.2, -0.15) is 10.2 Å². The van der Waals surface area contributed by atoms with E-state index in [1.54, 1.807) is 6.92 Å². The van der Waals surface area contributed by atoms with Gasteiger partial charge in [-0.3, -0.25) is 10.9 Å². The second-order valence-corrected chi connectivity index (χ2v) is 2.84. The lowest BCUT2D eigenvalue weighted by atomic mass is 10.5. The predicted molar refractivity (Wildman–Crippen MR) is 61.4 cm³/mol. The average Bonchev–Trinajstić information content (AvgIpc) is 2.00. The van der Waals surface area contributed by atoms with E-state index >= 15 is 0 Å². The molecule has 0 aromatic carbocycles. The Kier molecular flexibility index (Phi) is 5.64. The van der Waals surface area contributed by atoms with Gasteiger partial charge in [0.2, 0.25) is 0 Å². The molecule has 0 unspecified atom stereocenters. The monoisotopic (exact) mass is 218 g/mol. The molecule has 0 aromatic rings. The first kappa shape index (κ1) is 11.7. The minimum absolute atomic E-state index is 0.0892. The Morgan fingerprint density at radius 3 is 2.23 bits per heavy atom. The summed E-state index contributed by atoms with van der Waals surface area (Å²) in [5.74, 6) is 0. The molecule has 0 heterocycles. The van der Waals surface area contributed by atoms with Crippen molar-refractivity contribution in [2.45, 2.75) is 6.92 Å². The Morgan fingerprint density at radius 1 is 1.23 bits per heavy atom. The van der Waals surface area contributed by atoms with Crippen LogP contribution in [0.5, 0.6) is 0 Å². The first-order chi connectivity index (χ1) is 6.02. The summed E-state index contributed by atoms with van der Waals surface area (Å²) in [6.07, 6.45) is 1.42. The number of hydrogen-bond donors (Lipinski definition) is 4. The van der Waals surface area contributed by atoms with Crippen LogP contribution in [-0.4, -0.2) is 22.2 Å². The van der Waals surface area contributed by atoms with Gasteiger partial charge in [-0.25, -0.2) is 0 Å². The minimum atomic E-state index is 0.0892. The largest absolute Gasteiger partial charge is 0.375 e. The molecule has 0 fully saturated rings. The Labute approximate surface area is 86.4 Å². The lowest BCUT2D eigenvalue weighted by Crippen LogP contribution is -2.26. The summed E-state index contributed by atoms with van der Waals surface area (Å²) in [5.41, 5.74) is 15.6. The van der Waals surface area contributed by atoms with E-state index in [2.05, 4.69) is 45.5 Å². The van der Waals surface area contributed by atoms with Gasteiger partial charge in [0.25, 0.3) is 0 Å². The number of rotatable bonds is 3. The molecule has 0 radical (unpaired) electrons. The summed E-state index contributed by atoms with van der Waals surface area (Å²) in [6.45, 7) is 1.70. The first-order valence-corrected chi connectivity index (χ1v) is 4.02. The molecule has 72 valence electrons. The standard InChI is InChI=1S/C5H10N6S2/c1-3(9-11-5(7)13)2-8-10-4(6)12/h2H,1H3,(H3,6,10,12)(H3,7,11,13). The molecule has 0 bridgehead atoms. The average molecular weight is 218 g/mol. The third-order valence-electron chi connectivity index (χ3n) is 0.769. The summed E-state index contributed by atoms with van der Waals surface area (Å²) in [6, 6.07) is 0.